The molecule has 0 radical (unpaired) electrons. The van der Waals surface area contributed by atoms with Gasteiger partial charge in [0, 0.05) is 10.3 Å². The third-order valence-electron chi connectivity index (χ3n) is 1.74. The zero-order chi connectivity index (χ0) is 12.3. The number of carbonyl (C=O) groups excluding carboxylic acids is 2. The highest BCUT2D eigenvalue weighted by Crippen LogP contribution is 2.28. The summed E-state index contributed by atoms with van der Waals surface area (Å²) in [6.07, 6.45) is 0.947. The van der Waals surface area contributed by atoms with Gasteiger partial charge in [0.1, 0.15) is 4.90 Å². The minimum Gasteiger partial charge on any atom is -0.465 e. The molecule has 0 unspecified atom stereocenters. The normalized spacial score (nSPS) is 10.6. The molecule has 0 atom stereocenters. The van der Waals surface area contributed by atoms with Gasteiger partial charge < -0.3 is 4.74 Å². The molecule has 0 N–H and O–H groups in total. The second kappa shape index (κ2) is 4.56. The van der Waals surface area contributed by atoms with E-state index in [4.69, 9.17) is 0 Å². The van der Waals surface area contributed by atoms with Crippen LogP contribution in [0.5, 0.6) is 0 Å². The Balaban J connectivity index is 3.50. The van der Waals surface area contributed by atoms with Crippen molar-refractivity contribution in [3.8, 4) is 0 Å². The number of thiophene rings is 1. The molecule has 86 valence electrons. The van der Waals surface area contributed by atoms with E-state index in [0.717, 1.165) is 24.5 Å². The molecule has 0 saturated carbocycles. The third-order valence-corrected chi connectivity index (χ3v) is 4.14. The summed E-state index contributed by atoms with van der Waals surface area (Å²) < 4.78 is 30.2. The standard InChI is InChI=1S/C8H7NO5S2/c1-5-7(16(12,13)9-4-10)6(3-15-5)8(11)14-2/h3H,1-2H3. The zero-order valence-electron chi connectivity index (χ0n) is 8.38. The molecule has 1 rings (SSSR count). The van der Waals surface area contributed by atoms with Crippen LogP contribution in [0, 0.1) is 6.92 Å². The Morgan fingerprint density at radius 3 is 2.69 bits per heavy atom. The summed E-state index contributed by atoms with van der Waals surface area (Å²) in [7, 11) is -3.04. The molecule has 1 heterocycles. The van der Waals surface area contributed by atoms with Gasteiger partial charge in [-0.05, 0) is 6.92 Å². The first-order chi connectivity index (χ1) is 7.44. The SMILES string of the molecule is COC(=O)c1csc(C)c1S(=O)(=O)N=C=O. The topological polar surface area (TPSA) is 89.9 Å². The molecule has 0 aromatic carbocycles. The fourth-order valence-corrected chi connectivity index (χ4v) is 3.34. The van der Waals surface area contributed by atoms with Crippen LogP contribution in [0.4, 0.5) is 0 Å². The van der Waals surface area contributed by atoms with Gasteiger partial charge in [0.25, 0.3) is 16.1 Å². The van der Waals surface area contributed by atoms with Crippen molar-refractivity contribution >= 4 is 33.4 Å². The van der Waals surface area contributed by atoms with Gasteiger partial charge in [-0.25, -0.2) is 9.59 Å². The highest BCUT2D eigenvalue weighted by Gasteiger charge is 2.26. The van der Waals surface area contributed by atoms with Crippen LogP contribution in [-0.4, -0.2) is 27.6 Å². The maximum absolute atomic E-state index is 11.5. The van der Waals surface area contributed by atoms with Crippen molar-refractivity contribution in [2.75, 3.05) is 7.11 Å². The van der Waals surface area contributed by atoms with Gasteiger partial charge >= 0.3 is 5.97 Å². The van der Waals surface area contributed by atoms with E-state index >= 15 is 0 Å². The number of methoxy groups -OCH3 is 1. The number of rotatable bonds is 3. The van der Waals surface area contributed by atoms with Crippen LogP contribution < -0.4 is 0 Å². The minimum atomic E-state index is -4.17. The van der Waals surface area contributed by atoms with E-state index in [1.807, 2.05) is 0 Å². The quantitative estimate of drug-likeness (QED) is 0.457. The Labute approximate surface area is 95.6 Å². The van der Waals surface area contributed by atoms with Crippen LogP contribution in [0.15, 0.2) is 14.7 Å². The molecule has 0 fully saturated rings. The Kier molecular flexibility index (Phi) is 3.58. The van der Waals surface area contributed by atoms with Crippen molar-refractivity contribution in [3.63, 3.8) is 0 Å². The summed E-state index contributed by atoms with van der Waals surface area (Å²) in [5.41, 5.74) is -0.121. The largest absolute Gasteiger partial charge is 0.465 e. The third kappa shape index (κ3) is 2.19. The maximum atomic E-state index is 11.5. The van der Waals surface area contributed by atoms with Gasteiger partial charge in [-0.2, -0.15) is 8.42 Å². The lowest BCUT2D eigenvalue weighted by Gasteiger charge is -2.00. The number of hydrogen-bond acceptors (Lipinski definition) is 6. The smallest absolute Gasteiger partial charge is 0.340 e. The van der Waals surface area contributed by atoms with Gasteiger partial charge in [0.2, 0.25) is 0 Å². The lowest BCUT2D eigenvalue weighted by Crippen LogP contribution is -2.07. The van der Waals surface area contributed by atoms with Gasteiger partial charge in [-0.3, -0.25) is 0 Å². The van der Waals surface area contributed by atoms with Gasteiger partial charge in [-0.1, -0.05) is 4.40 Å². The maximum Gasteiger partial charge on any atom is 0.340 e. The Bertz CT molecular complexity index is 565. The molecule has 16 heavy (non-hydrogen) atoms. The van der Waals surface area contributed by atoms with Gasteiger partial charge in [0.15, 0.2) is 0 Å². The summed E-state index contributed by atoms with van der Waals surface area (Å²) in [4.78, 5) is 21.3. The minimum absolute atomic E-state index is 0.121. The summed E-state index contributed by atoms with van der Waals surface area (Å²) in [5, 5.41) is 1.34. The lowest BCUT2D eigenvalue weighted by molar-refractivity contribution is 0.0597. The lowest BCUT2D eigenvalue weighted by atomic mass is 10.3. The summed E-state index contributed by atoms with van der Waals surface area (Å²) in [5.74, 6) is -0.788. The Morgan fingerprint density at radius 1 is 1.56 bits per heavy atom. The molecule has 8 heteroatoms. The van der Waals surface area contributed by atoms with Crippen LogP contribution in [-0.2, 0) is 19.6 Å². The van der Waals surface area contributed by atoms with Crippen molar-refractivity contribution in [3.05, 3.63) is 15.8 Å². The van der Waals surface area contributed by atoms with E-state index in [9.17, 15) is 18.0 Å². The number of sulfonamides is 1. The van der Waals surface area contributed by atoms with Gasteiger partial charge in [-0.15, -0.1) is 11.3 Å². The highest BCUT2D eigenvalue weighted by molar-refractivity contribution is 7.90. The number of isocyanates is 1. The molecular weight excluding hydrogens is 254 g/mol. The van der Waals surface area contributed by atoms with E-state index < -0.39 is 16.0 Å². The fourth-order valence-electron chi connectivity index (χ4n) is 1.11. The van der Waals surface area contributed by atoms with E-state index in [1.165, 1.54) is 12.3 Å². The molecule has 0 aliphatic rings. The van der Waals surface area contributed by atoms with Crippen LogP contribution in [0.3, 0.4) is 0 Å². The van der Waals surface area contributed by atoms with Crippen LogP contribution in [0.1, 0.15) is 15.2 Å². The molecule has 0 aliphatic heterocycles. The molecule has 0 aliphatic carbocycles. The molecule has 0 spiro atoms. The monoisotopic (exact) mass is 261 g/mol. The molecule has 1 aromatic heterocycles. The number of nitrogens with zero attached hydrogens (tertiary/aromatic N) is 1. The predicted molar refractivity (Wildman–Crippen MR) is 55.7 cm³/mol. The van der Waals surface area contributed by atoms with Crippen LogP contribution in [0.2, 0.25) is 0 Å². The predicted octanol–water partition coefficient (Wildman–Crippen LogP) is 0.868. The summed E-state index contributed by atoms with van der Waals surface area (Å²) in [6.45, 7) is 1.50. The van der Waals surface area contributed by atoms with E-state index in [1.54, 1.807) is 0 Å². The zero-order valence-corrected chi connectivity index (χ0v) is 10.0. The average Bonchev–Trinajstić information content (AvgIpc) is 2.59. The number of hydrogen-bond donors (Lipinski definition) is 0. The van der Waals surface area contributed by atoms with Crippen molar-refractivity contribution in [2.45, 2.75) is 11.8 Å². The highest BCUT2D eigenvalue weighted by atomic mass is 32.2. The second-order valence-corrected chi connectivity index (χ2v) is 5.31. The van der Waals surface area contributed by atoms with Crippen molar-refractivity contribution in [1.82, 2.24) is 0 Å². The first kappa shape index (κ1) is 12.6. The Morgan fingerprint density at radius 2 is 2.19 bits per heavy atom. The van der Waals surface area contributed by atoms with E-state index in [0.29, 0.717) is 4.88 Å². The number of esters is 1. The molecule has 6 nitrogen and oxygen atoms in total. The molecule has 0 saturated heterocycles. The number of carbonyl (C=O) groups is 1. The molecule has 1 aromatic rings. The Hall–Kier alpha value is -1.50. The van der Waals surface area contributed by atoms with Crippen molar-refractivity contribution in [1.29, 1.82) is 0 Å². The average molecular weight is 261 g/mol. The number of aryl methyl sites for hydroxylation is 1. The number of ether oxygens (including phenoxy) is 1. The first-order valence-electron chi connectivity index (χ1n) is 3.94. The van der Waals surface area contributed by atoms with Crippen molar-refractivity contribution in [2.24, 2.45) is 4.40 Å². The summed E-state index contributed by atoms with van der Waals surface area (Å²) in [6, 6.07) is 0. The molecule has 0 amide bonds. The van der Waals surface area contributed by atoms with Crippen molar-refractivity contribution < 1.29 is 22.7 Å². The first-order valence-corrected chi connectivity index (χ1v) is 6.26. The van der Waals surface area contributed by atoms with E-state index in [2.05, 4.69) is 9.13 Å². The van der Waals surface area contributed by atoms with Crippen LogP contribution in [0.25, 0.3) is 0 Å². The van der Waals surface area contributed by atoms with Crippen LogP contribution >= 0.6 is 11.3 Å². The molecule has 0 bridgehead atoms. The molecular formula is C8H7NO5S2. The van der Waals surface area contributed by atoms with Gasteiger partial charge in [0.05, 0.1) is 12.7 Å². The second-order valence-electron chi connectivity index (χ2n) is 2.68. The van der Waals surface area contributed by atoms with E-state index in [-0.39, 0.29) is 10.5 Å². The summed E-state index contributed by atoms with van der Waals surface area (Å²) >= 11 is 1.06. The fraction of sp³-hybridized carbons (Fsp3) is 0.250.